The number of hydrogen-bond donors (Lipinski definition) is 2. The first-order valence-corrected chi connectivity index (χ1v) is 7.89. The molecule has 1 saturated heterocycles. The molecule has 1 aliphatic rings. The Balaban J connectivity index is 2.16. The molecule has 0 saturated carbocycles. The van der Waals surface area contributed by atoms with Gasteiger partial charge < -0.3 is 9.47 Å². The van der Waals surface area contributed by atoms with E-state index in [1.54, 1.807) is 0 Å². The van der Waals surface area contributed by atoms with Crippen LogP contribution in [0.3, 0.4) is 0 Å². The molecule has 1 aromatic rings. The van der Waals surface area contributed by atoms with E-state index in [2.05, 4.69) is 18.4 Å². The summed E-state index contributed by atoms with van der Waals surface area (Å²) < 4.78 is 11.6. The molecule has 1 fully saturated rings. The molecule has 5 heteroatoms. The molecule has 2 rings (SSSR count). The topological polar surface area (TPSA) is 56.5 Å². The molecule has 0 aliphatic carbocycles. The van der Waals surface area contributed by atoms with Crippen LogP contribution in [0.4, 0.5) is 0 Å². The highest BCUT2D eigenvalue weighted by atomic mass is 32.2. The molecule has 0 amide bonds. The summed E-state index contributed by atoms with van der Waals surface area (Å²) in [6.45, 7) is 3.60. The molecule has 0 spiro atoms. The summed E-state index contributed by atoms with van der Waals surface area (Å²) >= 11 is 1.90. The number of para-hydroxylation sites is 1. The summed E-state index contributed by atoms with van der Waals surface area (Å²) in [5, 5.41) is 0. The maximum atomic E-state index is 5.83. The van der Waals surface area contributed by atoms with E-state index in [0.29, 0.717) is 6.61 Å². The molecule has 2 atom stereocenters. The van der Waals surface area contributed by atoms with Crippen molar-refractivity contribution in [1.82, 2.24) is 5.43 Å². The summed E-state index contributed by atoms with van der Waals surface area (Å²) in [5.41, 5.74) is 3.96. The Morgan fingerprint density at radius 3 is 3.05 bits per heavy atom. The third kappa shape index (κ3) is 3.86. The second-order valence-electron chi connectivity index (χ2n) is 4.51. The summed E-state index contributed by atoms with van der Waals surface area (Å²) in [6, 6.07) is 8.01. The van der Waals surface area contributed by atoms with Crippen molar-refractivity contribution in [2.24, 2.45) is 5.84 Å². The van der Waals surface area contributed by atoms with E-state index in [9.17, 15) is 0 Å². The third-order valence-electron chi connectivity index (χ3n) is 3.11. The minimum absolute atomic E-state index is 0.0270. The Kier molecular flexibility index (Phi) is 5.97. The van der Waals surface area contributed by atoms with Gasteiger partial charge in [0.2, 0.25) is 0 Å². The van der Waals surface area contributed by atoms with Gasteiger partial charge in [0.25, 0.3) is 0 Å². The largest absolute Gasteiger partial charge is 0.493 e. The molecule has 1 aliphatic heterocycles. The van der Waals surface area contributed by atoms with E-state index >= 15 is 0 Å². The number of hydrogen-bond acceptors (Lipinski definition) is 5. The summed E-state index contributed by atoms with van der Waals surface area (Å²) in [7, 11) is 0. The highest BCUT2D eigenvalue weighted by Gasteiger charge is 2.27. The van der Waals surface area contributed by atoms with Gasteiger partial charge in [0, 0.05) is 17.1 Å². The van der Waals surface area contributed by atoms with Gasteiger partial charge in [-0.3, -0.25) is 11.3 Å². The van der Waals surface area contributed by atoms with Crippen LogP contribution in [-0.2, 0) is 4.74 Å². The van der Waals surface area contributed by atoms with Crippen LogP contribution in [0, 0.1) is 0 Å². The fourth-order valence-corrected chi connectivity index (χ4v) is 3.08. The number of rotatable bonds is 6. The monoisotopic (exact) mass is 282 g/mol. The lowest BCUT2D eigenvalue weighted by molar-refractivity contribution is 0.0459. The number of hydrazine groups is 1. The fraction of sp³-hybridized carbons (Fsp3) is 0.571. The van der Waals surface area contributed by atoms with E-state index in [-0.39, 0.29) is 12.1 Å². The Bertz CT molecular complexity index is 383. The van der Waals surface area contributed by atoms with Crippen LogP contribution in [0.15, 0.2) is 24.3 Å². The maximum absolute atomic E-state index is 5.83. The molecule has 3 N–H and O–H groups in total. The fourth-order valence-electron chi connectivity index (χ4n) is 2.18. The average Bonchev–Trinajstić information content (AvgIpc) is 2.48. The molecular formula is C14H22N2O2S. The van der Waals surface area contributed by atoms with Crippen molar-refractivity contribution >= 4 is 11.8 Å². The van der Waals surface area contributed by atoms with Crippen molar-refractivity contribution in [2.75, 3.05) is 24.7 Å². The van der Waals surface area contributed by atoms with Gasteiger partial charge >= 0.3 is 0 Å². The first-order valence-electron chi connectivity index (χ1n) is 6.74. The minimum Gasteiger partial charge on any atom is -0.493 e. The number of thioether (sulfide) groups is 1. The van der Waals surface area contributed by atoms with Crippen LogP contribution in [-0.4, -0.2) is 30.8 Å². The highest BCUT2D eigenvalue weighted by Crippen LogP contribution is 2.31. The average molecular weight is 282 g/mol. The van der Waals surface area contributed by atoms with Crippen LogP contribution < -0.4 is 16.0 Å². The van der Waals surface area contributed by atoms with Gasteiger partial charge in [-0.15, -0.1) is 0 Å². The molecule has 1 heterocycles. The molecule has 4 nitrogen and oxygen atoms in total. The molecule has 0 radical (unpaired) electrons. The minimum atomic E-state index is -0.0270. The highest BCUT2D eigenvalue weighted by molar-refractivity contribution is 7.99. The lowest BCUT2D eigenvalue weighted by Crippen LogP contribution is -2.41. The Morgan fingerprint density at radius 1 is 1.53 bits per heavy atom. The van der Waals surface area contributed by atoms with Crippen LogP contribution in [0.2, 0.25) is 0 Å². The van der Waals surface area contributed by atoms with E-state index < -0.39 is 0 Å². The maximum Gasteiger partial charge on any atom is 0.124 e. The second-order valence-corrected chi connectivity index (χ2v) is 5.66. The van der Waals surface area contributed by atoms with Gasteiger partial charge in [-0.25, -0.2) is 0 Å². The Morgan fingerprint density at radius 2 is 2.37 bits per heavy atom. The number of nitrogens with one attached hydrogen (secondary N) is 1. The SMILES string of the molecule is CCCOc1ccccc1C(NN)C1CSCCO1. The standard InChI is InChI=1S/C14H22N2O2S/c1-2-7-17-12-6-4-3-5-11(12)14(16-15)13-10-19-9-8-18-13/h3-6,13-14,16H,2,7-10,15H2,1H3. The lowest BCUT2D eigenvalue weighted by Gasteiger charge is -2.30. The zero-order valence-electron chi connectivity index (χ0n) is 11.3. The van der Waals surface area contributed by atoms with Crippen molar-refractivity contribution in [1.29, 1.82) is 0 Å². The van der Waals surface area contributed by atoms with Crippen molar-refractivity contribution in [3.63, 3.8) is 0 Å². The Labute approximate surface area is 119 Å². The van der Waals surface area contributed by atoms with Crippen molar-refractivity contribution in [3.05, 3.63) is 29.8 Å². The van der Waals surface area contributed by atoms with Gasteiger partial charge in [-0.05, 0) is 12.5 Å². The normalized spacial score (nSPS) is 21.1. The van der Waals surface area contributed by atoms with Crippen molar-refractivity contribution in [2.45, 2.75) is 25.5 Å². The molecule has 0 aromatic heterocycles. The lowest BCUT2D eigenvalue weighted by atomic mass is 10.0. The molecule has 2 unspecified atom stereocenters. The first kappa shape index (κ1) is 14.7. The van der Waals surface area contributed by atoms with Gasteiger partial charge in [0.15, 0.2) is 0 Å². The van der Waals surface area contributed by atoms with Crippen LogP contribution in [0.25, 0.3) is 0 Å². The third-order valence-corrected chi connectivity index (χ3v) is 4.13. The van der Waals surface area contributed by atoms with Gasteiger partial charge in [0.1, 0.15) is 5.75 Å². The number of benzene rings is 1. The number of nitrogens with two attached hydrogens (primary N) is 1. The quantitative estimate of drug-likeness (QED) is 0.618. The van der Waals surface area contributed by atoms with E-state index in [4.69, 9.17) is 15.3 Å². The molecule has 19 heavy (non-hydrogen) atoms. The predicted octanol–water partition coefficient (Wildman–Crippen LogP) is 2.11. The second kappa shape index (κ2) is 7.75. The van der Waals surface area contributed by atoms with Gasteiger partial charge in [-0.1, -0.05) is 25.1 Å². The molecular weight excluding hydrogens is 260 g/mol. The van der Waals surface area contributed by atoms with Crippen molar-refractivity contribution < 1.29 is 9.47 Å². The van der Waals surface area contributed by atoms with Gasteiger partial charge in [-0.2, -0.15) is 11.8 Å². The van der Waals surface area contributed by atoms with E-state index in [1.807, 2.05) is 30.0 Å². The zero-order chi connectivity index (χ0) is 13.5. The number of ether oxygens (including phenoxy) is 2. The molecule has 0 bridgehead atoms. The molecule has 1 aromatic carbocycles. The smallest absolute Gasteiger partial charge is 0.124 e. The zero-order valence-corrected chi connectivity index (χ0v) is 12.1. The van der Waals surface area contributed by atoms with Gasteiger partial charge in [0.05, 0.1) is 25.4 Å². The predicted molar refractivity (Wildman–Crippen MR) is 79.4 cm³/mol. The van der Waals surface area contributed by atoms with Crippen molar-refractivity contribution in [3.8, 4) is 5.75 Å². The Hall–Kier alpha value is -0.750. The summed E-state index contributed by atoms with van der Waals surface area (Å²) in [5.74, 6) is 8.65. The van der Waals surface area contributed by atoms with E-state index in [1.165, 1.54) is 0 Å². The molecule has 106 valence electrons. The van der Waals surface area contributed by atoms with Crippen LogP contribution in [0.1, 0.15) is 24.9 Å². The van der Waals surface area contributed by atoms with Crippen LogP contribution in [0.5, 0.6) is 5.75 Å². The summed E-state index contributed by atoms with van der Waals surface area (Å²) in [6.07, 6.45) is 1.08. The summed E-state index contributed by atoms with van der Waals surface area (Å²) in [4.78, 5) is 0. The first-order chi connectivity index (χ1) is 9.36. The van der Waals surface area contributed by atoms with Crippen LogP contribution >= 0.6 is 11.8 Å². The van der Waals surface area contributed by atoms with E-state index in [0.717, 1.165) is 35.8 Å².